The number of nitrogens with one attached hydrogen (secondary N) is 2. The maximum Gasteiger partial charge on any atom is 0.251 e. The van der Waals surface area contributed by atoms with Crippen LogP contribution in [-0.2, 0) is 24.2 Å². The molecule has 0 unspecified atom stereocenters. The van der Waals surface area contributed by atoms with Gasteiger partial charge in [-0.25, -0.2) is 0 Å². The first kappa shape index (κ1) is 19.4. The number of aromatic amines is 1. The lowest BCUT2D eigenvalue weighted by Crippen LogP contribution is -2.37. The van der Waals surface area contributed by atoms with E-state index in [1.165, 1.54) is 11.1 Å². The number of nitrogens with zero attached hydrogens (tertiary/aromatic N) is 1. The Hall–Kier alpha value is -2.92. The summed E-state index contributed by atoms with van der Waals surface area (Å²) in [5, 5.41) is 4.00. The van der Waals surface area contributed by atoms with E-state index in [1.807, 2.05) is 31.2 Å². The van der Waals surface area contributed by atoms with Crippen molar-refractivity contribution in [3.8, 4) is 0 Å². The van der Waals surface area contributed by atoms with E-state index in [2.05, 4.69) is 39.5 Å². The predicted molar refractivity (Wildman–Crippen MR) is 116 cm³/mol. The van der Waals surface area contributed by atoms with Crippen LogP contribution in [-0.4, -0.2) is 35.4 Å². The van der Waals surface area contributed by atoms with Gasteiger partial charge in [0.05, 0.1) is 0 Å². The van der Waals surface area contributed by atoms with Gasteiger partial charge in [0.25, 0.3) is 5.56 Å². The van der Waals surface area contributed by atoms with Crippen LogP contribution in [0.15, 0.2) is 53.3 Å². The number of H-pyrrole nitrogens is 1. The highest BCUT2D eigenvalue weighted by Crippen LogP contribution is 2.18. The van der Waals surface area contributed by atoms with Crippen LogP contribution < -0.4 is 10.9 Å². The Morgan fingerprint density at radius 1 is 1.14 bits per heavy atom. The lowest BCUT2D eigenvalue weighted by molar-refractivity contribution is -0.121. The lowest BCUT2D eigenvalue weighted by atomic mass is 10.00. The van der Waals surface area contributed by atoms with Crippen molar-refractivity contribution in [1.29, 1.82) is 0 Å². The van der Waals surface area contributed by atoms with E-state index in [-0.39, 0.29) is 11.5 Å². The number of fused-ring (bicyclic) bond motifs is 2. The molecule has 2 aromatic carbocycles. The van der Waals surface area contributed by atoms with E-state index in [0.29, 0.717) is 24.9 Å². The number of aryl methyl sites for hydroxylation is 2. The normalized spacial score (nSPS) is 14.0. The summed E-state index contributed by atoms with van der Waals surface area (Å²) in [7, 11) is 0. The standard InChI is InChI=1S/C24H27N3O2/c1-17-6-8-22-21(14-17)15-19(24(29)26-22)7-9-23(28)25-11-13-27-12-10-18-4-2-3-5-20(18)16-27/h2-6,8,14-15H,7,9-13,16H2,1H3,(H,25,28)(H,26,29). The Morgan fingerprint density at radius 3 is 2.83 bits per heavy atom. The second kappa shape index (κ2) is 8.62. The maximum atomic E-state index is 12.3. The van der Waals surface area contributed by atoms with Crippen LogP contribution in [0.4, 0.5) is 0 Å². The molecule has 0 fully saturated rings. The van der Waals surface area contributed by atoms with Crippen molar-refractivity contribution >= 4 is 16.8 Å². The van der Waals surface area contributed by atoms with E-state index in [4.69, 9.17) is 0 Å². The van der Waals surface area contributed by atoms with E-state index < -0.39 is 0 Å². The highest BCUT2D eigenvalue weighted by molar-refractivity contribution is 5.80. The van der Waals surface area contributed by atoms with Crippen molar-refractivity contribution in [2.75, 3.05) is 19.6 Å². The van der Waals surface area contributed by atoms with Gasteiger partial charge in [0.1, 0.15) is 0 Å². The van der Waals surface area contributed by atoms with Gasteiger partial charge in [-0.1, -0.05) is 35.9 Å². The fourth-order valence-electron chi connectivity index (χ4n) is 3.99. The summed E-state index contributed by atoms with van der Waals surface area (Å²) in [6, 6.07) is 16.4. The third-order valence-corrected chi connectivity index (χ3v) is 5.66. The molecule has 29 heavy (non-hydrogen) atoms. The zero-order valence-corrected chi connectivity index (χ0v) is 16.8. The van der Waals surface area contributed by atoms with E-state index in [0.717, 1.165) is 42.5 Å². The van der Waals surface area contributed by atoms with Crippen LogP contribution in [0.3, 0.4) is 0 Å². The van der Waals surface area contributed by atoms with Crippen molar-refractivity contribution in [3.63, 3.8) is 0 Å². The Kier molecular flexibility index (Phi) is 5.76. The van der Waals surface area contributed by atoms with Crippen molar-refractivity contribution in [2.45, 2.75) is 32.7 Å². The second-order valence-electron chi connectivity index (χ2n) is 7.86. The van der Waals surface area contributed by atoms with E-state index >= 15 is 0 Å². The van der Waals surface area contributed by atoms with E-state index in [1.54, 1.807) is 0 Å². The minimum atomic E-state index is -0.110. The van der Waals surface area contributed by atoms with Crippen LogP contribution in [0.25, 0.3) is 10.9 Å². The summed E-state index contributed by atoms with van der Waals surface area (Å²) >= 11 is 0. The third kappa shape index (κ3) is 4.74. The Labute approximate surface area is 170 Å². The summed E-state index contributed by atoms with van der Waals surface area (Å²) in [6.07, 6.45) is 1.83. The lowest BCUT2D eigenvalue weighted by Gasteiger charge is -2.28. The zero-order valence-electron chi connectivity index (χ0n) is 16.8. The van der Waals surface area contributed by atoms with Gasteiger partial charge in [-0.3, -0.25) is 14.5 Å². The maximum absolute atomic E-state index is 12.3. The SMILES string of the molecule is Cc1ccc2[nH]c(=O)c(CCC(=O)NCCN3CCc4ccccc4C3)cc2c1. The Balaban J connectivity index is 1.26. The van der Waals surface area contributed by atoms with Gasteiger partial charge in [-0.2, -0.15) is 0 Å². The van der Waals surface area contributed by atoms with Gasteiger partial charge in [0, 0.05) is 43.7 Å². The number of pyridine rings is 1. The molecule has 0 radical (unpaired) electrons. The van der Waals surface area contributed by atoms with Crippen molar-refractivity contribution < 1.29 is 4.79 Å². The van der Waals surface area contributed by atoms with Crippen LogP contribution in [0, 0.1) is 6.92 Å². The fraction of sp³-hybridized carbons (Fsp3) is 0.333. The molecule has 3 aromatic rings. The van der Waals surface area contributed by atoms with Gasteiger partial charge in [-0.15, -0.1) is 0 Å². The molecule has 2 heterocycles. The van der Waals surface area contributed by atoms with Crippen molar-refractivity contribution in [1.82, 2.24) is 15.2 Å². The molecule has 0 spiro atoms. The number of benzene rings is 2. The molecule has 1 aromatic heterocycles. The molecule has 5 nitrogen and oxygen atoms in total. The summed E-state index contributed by atoms with van der Waals surface area (Å²) in [4.78, 5) is 29.8. The van der Waals surface area contributed by atoms with Gasteiger partial charge in [0.15, 0.2) is 0 Å². The number of amides is 1. The Bertz CT molecular complexity index is 1090. The van der Waals surface area contributed by atoms with Crippen LogP contribution in [0.2, 0.25) is 0 Å². The monoisotopic (exact) mass is 389 g/mol. The summed E-state index contributed by atoms with van der Waals surface area (Å²) in [6.45, 7) is 5.47. The number of carbonyl (C=O) groups is 1. The summed E-state index contributed by atoms with van der Waals surface area (Å²) in [5.74, 6) is -0.00820. The Morgan fingerprint density at radius 2 is 1.97 bits per heavy atom. The van der Waals surface area contributed by atoms with Crippen molar-refractivity contribution in [2.24, 2.45) is 0 Å². The molecule has 5 heteroatoms. The molecule has 0 saturated heterocycles. The van der Waals surface area contributed by atoms with Gasteiger partial charge < -0.3 is 10.3 Å². The summed E-state index contributed by atoms with van der Waals surface area (Å²) < 4.78 is 0. The number of rotatable bonds is 6. The molecule has 1 aliphatic heterocycles. The number of hydrogen-bond acceptors (Lipinski definition) is 3. The quantitative estimate of drug-likeness (QED) is 0.681. The van der Waals surface area contributed by atoms with Gasteiger partial charge >= 0.3 is 0 Å². The largest absolute Gasteiger partial charge is 0.355 e. The molecule has 0 bridgehead atoms. The van der Waals surface area contributed by atoms with Crippen LogP contribution in [0.1, 0.15) is 28.7 Å². The van der Waals surface area contributed by atoms with E-state index in [9.17, 15) is 9.59 Å². The first-order valence-corrected chi connectivity index (χ1v) is 10.3. The topological polar surface area (TPSA) is 65.2 Å². The second-order valence-corrected chi connectivity index (χ2v) is 7.86. The number of hydrogen-bond donors (Lipinski definition) is 2. The van der Waals surface area contributed by atoms with Crippen LogP contribution in [0.5, 0.6) is 0 Å². The first-order chi connectivity index (χ1) is 14.1. The minimum Gasteiger partial charge on any atom is -0.355 e. The van der Waals surface area contributed by atoms with Gasteiger partial charge in [0.2, 0.25) is 5.91 Å². The fourth-order valence-corrected chi connectivity index (χ4v) is 3.99. The molecule has 0 saturated carbocycles. The molecule has 0 aliphatic carbocycles. The average Bonchev–Trinajstić information content (AvgIpc) is 2.72. The van der Waals surface area contributed by atoms with Gasteiger partial charge in [-0.05, 0) is 54.5 Å². The highest BCUT2D eigenvalue weighted by Gasteiger charge is 2.15. The number of aromatic nitrogens is 1. The van der Waals surface area contributed by atoms with Crippen LogP contribution >= 0.6 is 0 Å². The summed E-state index contributed by atoms with van der Waals surface area (Å²) in [5.41, 5.74) is 5.34. The first-order valence-electron chi connectivity index (χ1n) is 10.3. The zero-order chi connectivity index (χ0) is 20.2. The smallest absolute Gasteiger partial charge is 0.251 e. The molecule has 1 aliphatic rings. The molecular weight excluding hydrogens is 362 g/mol. The average molecular weight is 389 g/mol. The molecule has 1 amide bonds. The molecule has 4 rings (SSSR count). The molecule has 150 valence electrons. The molecule has 0 atom stereocenters. The molecular formula is C24H27N3O2. The number of carbonyl (C=O) groups excluding carboxylic acids is 1. The van der Waals surface area contributed by atoms with Crippen molar-refractivity contribution in [3.05, 3.63) is 81.1 Å². The predicted octanol–water partition coefficient (Wildman–Crippen LogP) is 2.94. The third-order valence-electron chi connectivity index (χ3n) is 5.66. The highest BCUT2D eigenvalue weighted by atomic mass is 16.1. The minimum absolute atomic E-state index is 0.00820. The molecule has 2 N–H and O–H groups in total.